The fourth-order valence-electron chi connectivity index (χ4n) is 1.90. The van der Waals surface area contributed by atoms with E-state index in [0.717, 1.165) is 0 Å². The minimum absolute atomic E-state index is 0.465. The van der Waals surface area contributed by atoms with Gasteiger partial charge in [-0.1, -0.05) is 0 Å². The molecule has 0 spiro atoms. The third kappa shape index (κ3) is 1.77. The van der Waals surface area contributed by atoms with E-state index in [1.807, 2.05) is 0 Å². The summed E-state index contributed by atoms with van der Waals surface area (Å²) in [5.41, 5.74) is 0. The first-order valence-corrected chi connectivity index (χ1v) is 4.48. The molecule has 0 aromatic carbocycles. The summed E-state index contributed by atoms with van der Waals surface area (Å²) in [5.74, 6) is -1.65. The van der Waals surface area contributed by atoms with Crippen LogP contribution in [0, 0.1) is 11.8 Å². The molecule has 0 bridgehead atoms. The van der Waals surface area contributed by atoms with Gasteiger partial charge in [-0.3, -0.25) is 0 Å². The first-order chi connectivity index (χ1) is 6.54. The molecular weight excluding hydrogens is 192 g/mol. The fourth-order valence-corrected chi connectivity index (χ4v) is 1.90. The highest BCUT2D eigenvalue weighted by Crippen LogP contribution is 2.30. The van der Waals surface area contributed by atoms with E-state index >= 15 is 0 Å². The zero-order chi connectivity index (χ0) is 10.9. The summed E-state index contributed by atoms with van der Waals surface area (Å²) in [7, 11) is 0. The molecule has 1 rings (SSSR count). The van der Waals surface area contributed by atoms with Gasteiger partial charge in [0.15, 0.2) is 0 Å². The highest BCUT2D eigenvalue weighted by atomic mass is 16.4. The summed E-state index contributed by atoms with van der Waals surface area (Å²) in [4.78, 5) is 0. The Labute approximate surface area is 81.1 Å². The largest absolute Gasteiger partial charge is 0.396 e. The van der Waals surface area contributed by atoms with Crippen LogP contribution in [-0.2, 0) is 0 Å². The lowest BCUT2D eigenvalue weighted by molar-refractivity contribution is -0.195. The Bertz CT molecular complexity index is 167. The van der Waals surface area contributed by atoms with Gasteiger partial charge in [-0.15, -0.1) is 0 Å². The molecule has 0 heterocycles. The van der Waals surface area contributed by atoms with Crippen LogP contribution < -0.4 is 0 Å². The molecular formula is C8H16O6. The van der Waals surface area contributed by atoms with Crippen LogP contribution in [0.15, 0.2) is 0 Å². The van der Waals surface area contributed by atoms with Crippen LogP contribution in [0.5, 0.6) is 0 Å². The Morgan fingerprint density at radius 3 is 1.07 bits per heavy atom. The molecule has 1 aliphatic rings. The molecule has 84 valence electrons. The summed E-state index contributed by atoms with van der Waals surface area (Å²) in [6, 6.07) is 0. The van der Waals surface area contributed by atoms with Gasteiger partial charge < -0.3 is 30.6 Å². The Kier molecular flexibility index (Phi) is 3.82. The number of aliphatic hydroxyl groups excluding tert-OH is 6. The number of hydrogen-bond donors (Lipinski definition) is 6. The quantitative estimate of drug-likeness (QED) is 0.282. The van der Waals surface area contributed by atoms with Crippen molar-refractivity contribution >= 4 is 0 Å². The van der Waals surface area contributed by atoms with Gasteiger partial charge in [0.05, 0.1) is 12.2 Å². The lowest BCUT2D eigenvalue weighted by Gasteiger charge is -2.42. The molecule has 1 fully saturated rings. The molecule has 0 radical (unpaired) electrons. The van der Waals surface area contributed by atoms with Gasteiger partial charge in [0.25, 0.3) is 0 Å². The van der Waals surface area contributed by atoms with Crippen molar-refractivity contribution in [3.8, 4) is 0 Å². The minimum Gasteiger partial charge on any atom is -0.396 e. The summed E-state index contributed by atoms with van der Waals surface area (Å²) >= 11 is 0. The number of hydrogen-bond acceptors (Lipinski definition) is 6. The van der Waals surface area contributed by atoms with Crippen LogP contribution in [0.25, 0.3) is 0 Å². The van der Waals surface area contributed by atoms with E-state index in [1.165, 1.54) is 0 Å². The second-order valence-corrected chi connectivity index (χ2v) is 3.66. The molecule has 0 amide bonds. The third-order valence-corrected chi connectivity index (χ3v) is 2.90. The standard InChI is InChI=1S/C8H16O6/c9-1-3-4(2-10)6(12)8(14)7(13)5(3)11/h3-14H,1-2H2/t3-,4+,5-,6-,7+,8+/m0/s1. The summed E-state index contributed by atoms with van der Waals surface area (Å²) in [6.45, 7) is -0.930. The molecule has 0 aliphatic heterocycles. The molecule has 14 heavy (non-hydrogen) atoms. The molecule has 1 saturated carbocycles. The molecule has 0 aromatic heterocycles. The topological polar surface area (TPSA) is 121 Å². The van der Waals surface area contributed by atoms with Crippen LogP contribution in [-0.4, -0.2) is 68.3 Å². The Hall–Kier alpha value is -0.240. The predicted molar refractivity (Wildman–Crippen MR) is 45.2 cm³/mol. The van der Waals surface area contributed by atoms with E-state index in [0.29, 0.717) is 0 Å². The number of aliphatic hydroxyl groups is 6. The second-order valence-electron chi connectivity index (χ2n) is 3.66. The van der Waals surface area contributed by atoms with E-state index in [-0.39, 0.29) is 0 Å². The first-order valence-electron chi connectivity index (χ1n) is 4.48. The minimum atomic E-state index is -1.50. The Balaban J connectivity index is 2.84. The molecule has 1 aliphatic carbocycles. The van der Waals surface area contributed by atoms with E-state index in [1.54, 1.807) is 0 Å². The fraction of sp³-hybridized carbons (Fsp3) is 1.00. The normalized spacial score (nSPS) is 49.3. The van der Waals surface area contributed by atoms with Crippen LogP contribution in [0.3, 0.4) is 0 Å². The lowest BCUT2D eigenvalue weighted by Crippen LogP contribution is -2.60. The van der Waals surface area contributed by atoms with Crippen molar-refractivity contribution in [1.29, 1.82) is 0 Å². The smallest absolute Gasteiger partial charge is 0.109 e. The molecule has 6 N–H and O–H groups in total. The van der Waals surface area contributed by atoms with Gasteiger partial charge in [-0.05, 0) is 0 Å². The second kappa shape index (κ2) is 4.52. The van der Waals surface area contributed by atoms with E-state index in [2.05, 4.69) is 0 Å². The van der Waals surface area contributed by atoms with Gasteiger partial charge in [-0.25, -0.2) is 0 Å². The van der Waals surface area contributed by atoms with Crippen molar-refractivity contribution in [2.24, 2.45) is 11.8 Å². The Morgan fingerprint density at radius 2 is 0.857 bits per heavy atom. The lowest BCUT2D eigenvalue weighted by atomic mass is 9.73. The average molecular weight is 208 g/mol. The number of rotatable bonds is 2. The highest BCUT2D eigenvalue weighted by Gasteiger charge is 2.47. The van der Waals surface area contributed by atoms with Crippen molar-refractivity contribution in [1.82, 2.24) is 0 Å². The maximum atomic E-state index is 9.43. The molecule has 6 heteroatoms. The van der Waals surface area contributed by atoms with Crippen LogP contribution in [0.1, 0.15) is 0 Å². The first kappa shape index (κ1) is 11.8. The van der Waals surface area contributed by atoms with Crippen LogP contribution in [0.4, 0.5) is 0 Å². The van der Waals surface area contributed by atoms with E-state index in [9.17, 15) is 20.4 Å². The zero-order valence-corrected chi connectivity index (χ0v) is 7.56. The predicted octanol–water partition coefficient (Wildman–Crippen LogP) is -3.34. The van der Waals surface area contributed by atoms with Gasteiger partial charge >= 0.3 is 0 Å². The van der Waals surface area contributed by atoms with Gasteiger partial charge in [0, 0.05) is 25.0 Å². The van der Waals surface area contributed by atoms with Crippen molar-refractivity contribution in [3.05, 3.63) is 0 Å². The molecule has 0 aromatic rings. The van der Waals surface area contributed by atoms with Gasteiger partial charge in [0.1, 0.15) is 12.2 Å². The van der Waals surface area contributed by atoms with E-state index in [4.69, 9.17) is 10.2 Å². The van der Waals surface area contributed by atoms with Crippen molar-refractivity contribution < 1.29 is 30.6 Å². The highest BCUT2D eigenvalue weighted by molar-refractivity contribution is 4.97. The average Bonchev–Trinajstić information content (AvgIpc) is 2.20. The third-order valence-electron chi connectivity index (χ3n) is 2.90. The summed E-state index contributed by atoms with van der Waals surface area (Å²) in [6.07, 6.45) is -5.67. The van der Waals surface area contributed by atoms with Gasteiger partial charge in [0.2, 0.25) is 0 Å². The summed E-state index contributed by atoms with van der Waals surface area (Å²) < 4.78 is 0. The zero-order valence-electron chi connectivity index (χ0n) is 7.56. The monoisotopic (exact) mass is 208 g/mol. The molecule has 0 saturated heterocycles. The van der Waals surface area contributed by atoms with Crippen molar-refractivity contribution in [3.63, 3.8) is 0 Å². The van der Waals surface area contributed by atoms with Crippen LogP contribution >= 0.6 is 0 Å². The maximum absolute atomic E-state index is 9.43. The van der Waals surface area contributed by atoms with E-state index < -0.39 is 49.5 Å². The Morgan fingerprint density at radius 1 is 0.571 bits per heavy atom. The SMILES string of the molecule is OC[C@@H]1[C@H](O)[C@@H](O)[C@H](O)[C@@H](O)[C@@H]1CO. The molecule has 6 atom stereocenters. The van der Waals surface area contributed by atoms with Crippen molar-refractivity contribution in [2.45, 2.75) is 24.4 Å². The molecule has 0 unspecified atom stereocenters. The molecule has 6 nitrogen and oxygen atoms in total. The summed E-state index contributed by atoms with van der Waals surface area (Å²) in [5, 5.41) is 55.2. The van der Waals surface area contributed by atoms with Gasteiger partial charge in [-0.2, -0.15) is 0 Å². The maximum Gasteiger partial charge on any atom is 0.109 e. The van der Waals surface area contributed by atoms with Crippen LogP contribution in [0.2, 0.25) is 0 Å². The van der Waals surface area contributed by atoms with Crippen molar-refractivity contribution in [2.75, 3.05) is 13.2 Å².